The lowest BCUT2D eigenvalue weighted by Crippen LogP contribution is -2.34. The third kappa shape index (κ3) is 20.4. The molecule has 0 spiro atoms. The second-order valence-corrected chi connectivity index (χ2v) is 18.1. The summed E-state index contributed by atoms with van der Waals surface area (Å²) < 4.78 is 25.6. The van der Waals surface area contributed by atoms with Gasteiger partial charge in [-0.15, -0.1) is 12.4 Å². The molecule has 0 saturated heterocycles. The quantitative estimate of drug-likeness (QED) is 0.0803. The lowest BCUT2D eigenvalue weighted by Gasteiger charge is -2.19. The van der Waals surface area contributed by atoms with Crippen LogP contribution in [-0.4, -0.2) is 105 Å². The van der Waals surface area contributed by atoms with E-state index in [0.717, 1.165) is 0 Å². The van der Waals surface area contributed by atoms with Gasteiger partial charge >= 0.3 is 29.8 Å². The molecule has 0 unspecified atom stereocenters. The smallest absolute Gasteiger partial charge is 0.331 e. The number of ether oxygens (including phenoxy) is 5. The summed E-state index contributed by atoms with van der Waals surface area (Å²) in [6, 6.07) is 32.7. The number of carbonyl (C=O) groups excluding carboxylic acids is 5. The van der Waals surface area contributed by atoms with Crippen LogP contribution < -0.4 is 16.4 Å². The van der Waals surface area contributed by atoms with Gasteiger partial charge in [-0.3, -0.25) is 24.5 Å². The molecule has 4 aromatic carbocycles. The van der Waals surface area contributed by atoms with Gasteiger partial charge in [0.15, 0.2) is 0 Å². The Morgan fingerprint density at radius 3 is 1.10 bits per heavy atom. The summed E-state index contributed by atoms with van der Waals surface area (Å²) in [5.74, 6) is -1.84. The maximum Gasteiger partial charge on any atom is 0.331 e. The SMILES string of the molecule is C.CC(C)(C)OC(=O)CN.CC(C)(C)OC(=O)CNCC(=O)OCC1c2ccccc2-c2ccccc21.CNCC(=O)OC(C)(C)C.Cl.O=C(CO)OCC1c2ccccc2-c2ccccc21. The second-order valence-electron chi connectivity index (χ2n) is 18.1. The molecule has 6 rings (SSSR count). The molecule has 0 saturated carbocycles. The van der Waals surface area contributed by atoms with Crippen molar-refractivity contribution in [1.82, 2.24) is 10.6 Å². The van der Waals surface area contributed by atoms with Crippen LogP contribution in [0.3, 0.4) is 0 Å². The fourth-order valence-electron chi connectivity index (χ4n) is 6.88. The Morgan fingerprint density at radius 1 is 0.507 bits per heavy atom. The zero-order chi connectivity index (χ0) is 48.4. The molecule has 0 fully saturated rings. The summed E-state index contributed by atoms with van der Waals surface area (Å²) in [5, 5.41) is 14.2. The van der Waals surface area contributed by atoms with Crippen LogP contribution in [0.15, 0.2) is 97.1 Å². The van der Waals surface area contributed by atoms with E-state index in [4.69, 9.17) is 34.5 Å². The van der Waals surface area contributed by atoms with Gasteiger partial charge in [0.25, 0.3) is 0 Å². The van der Waals surface area contributed by atoms with Crippen molar-refractivity contribution in [3.63, 3.8) is 0 Å². The fraction of sp³-hybridized carbons (Fsp3) is 0.442. The predicted octanol–water partition coefficient (Wildman–Crippen LogP) is 7.50. The normalized spacial score (nSPS) is 12.1. The van der Waals surface area contributed by atoms with E-state index in [1.807, 2.05) is 69.3 Å². The number of esters is 5. The summed E-state index contributed by atoms with van der Waals surface area (Å²) in [7, 11) is 1.71. The van der Waals surface area contributed by atoms with Gasteiger partial charge in [-0.1, -0.05) is 104 Å². The highest BCUT2D eigenvalue weighted by Gasteiger charge is 2.30. The van der Waals surface area contributed by atoms with Crippen molar-refractivity contribution < 1.29 is 52.8 Å². The molecule has 0 atom stereocenters. The number of nitrogens with one attached hydrogen (secondary N) is 2. The molecule has 14 nitrogen and oxygen atoms in total. The van der Waals surface area contributed by atoms with E-state index < -0.39 is 29.7 Å². The largest absolute Gasteiger partial charge is 0.464 e. The monoisotopic (exact) mass is 949 g/mol. The number of hydrogen-bond donors (Lipinski definition) is 4. The molecule has 2 aliphatic rings. The van der Waals surface area contributed by atoms with Gasteiger partial charge in [-0.05, 0) is 114 Å². The number of rotatable bonds is 12. The maximum atomic E-state index is 12.1. The maximum absolute atomic E-state index is 12.1. The van der Waals surface area contributed by atoms with Gasteiger partial charge in [0.2, 0.25) is 0 Å². The molecule has 5 N–H and O–H groups in total. The Kier molecular flexibility index (Phi) is 24.7. The van der Waals surface area contributed by atoms with Crippen LogP contribution in [0, 0.1) is 0 Å². The first-order valence-corrected chi connectivity index (χ1v) is 21.6. The first-order valence-electron chi connectivity index (χ1n) is 21.6. The molecular weight excluding hydrogens is 878 g/mol. The number of benzene rings is 4. The topological polar surface area (TPSA) is 202 Å². The van der Waals surface area contributed by atoms with Crippen molar-refractivity contribution in [3.8, 4) is 22.3 Å². The number of nitrogens with two attached hydrogens (primary N) is 1. The minimum absolute atomic E-state index is 0. The Labute approximate surface area is 403 Å². The second kappa shape index (κ2) is 27.9. The third-order valence-corrected chi connectivity index (χ3v) is 9.16. The number of halogens is 1. The molecule has 4 aromatic rings. The van der Waals surface area contributed by atoms with Gasteiger partial charge in [-0.2, -0.15) is 0 Å². The first kappa shape index (κ1) is 59.4. The summed E-state index contributed by atoms with van der Waals surface area (Å²) in [6.45, 7) is 16.5. The van der Waals surface area contributed by atoms with Crippen LogP contribution in [0.1, 0.15) is 104 Å². The van der Waals surface area contributed by atoms with E-state index in [-0.39, 0.29) is 94.6 Å². The Morgan fingerprint density at radius 2 is 0.806 bits per heavy atom. The highest BCUT2D eigenvalue weighted by molar-refractivity contribution is 5.85. The van der Waals surface area contributed by atoms with E-state index in [2.05, 4.69) is 59.2 Å². The van der Waals surface area contributed by atoms with Gasteiger partial charge < -0.3 is 39.8 Å². The summed E-state index contributed by atoms with van der Waals surface area (Å²) in [4.78, 5) is 56.1. The van der Waals surface area contributed by atoms with E-state index in [1.165, 1.54) is 44.5 Å². The van der Waals surface area contributed by atoms with E-state index >= 15 is 0 Å². The molecule has 0 aliphatic heterocycles. The van der Waals surface area contributed by atoms with Gasteiger partial charge in [0.05, 0.1) is 26.2 Å². The number of hydrogen-bond acceptors (Lipinski definition) is 14. The molecule has 67 heavy (non-hydrogen) atoms. The zero-order valence-corrected chi connectivity index (χ0v) is 40.7. The molecule has 0 radical (unpaired) electrons. The number of aliphatic hydroxyl groups is 1. The molecule has 0 heterocycles. The van der Waals surface area contributed by atoms with Crippen molar-refractivity contribution in [3.05, 3.63) is 119 Å². The molecule has 0 amide bonds. The molecular formula is C52H72ClN3O11. The molecule has 0 bridgehead atoms. The van der Waals surface area contributed by atoms with Gasteiger partial charge in [0.1, 0.15) is 36.6 Å². The lowest BCUT2D eigenvalue weighted by atomic mass is 9.98. The summed E-state index contributed by atoms with van der Waals surface area (Å²) >= 11 is 0. The van der Waals surface area contributed by atoms with Crippen LogP contribution >= 0.6 is 12.4 Å². The van der Waals surface area contributed by atoms with Crippen molar-refractivity contribution in [2.24, 2.45) is 5.73 Å². The lowest BCUT2D eigenvalue weighted by molar-refractivity contribution is -0.155. The Bertz CT molecular complexity index is 2120. The number of likely N-dealkylation sites (N-methyl/N-ethyl adjacent to an activating group) is 1. The number of fused-ring (bicyclic) bond motifs is 6. The van der Waals surface area contributed by atoms with Crippen LogP contribution in [0.5, 0.6) is 0 Å². The highest BCUT2D eigenvalue weighted by atomic mass is 35.5. The van der Waals surface area contributed by atoms with E-state index in [9.17, 15) is 24.0 Å². The minimum atomic E-state index is -0.582. The molecule has 2 aliphatic carbocycles. The van der Waals surface area contributed by atoms with Gasteiger partial charge in [0, 0.05) is 11.8 Å². The van der Waals surface area contributed by atoms with E-state index in [0.29, 0.717) is 0 Å². The zero-order valence-electron chi connectivity index (χ0n) is 39.9. The predicted molar refractivity (Wildman–Crippen MR) is 264 cm³/mol. The fourth-order valence-corrected chi connectivity index (χ4v) is 6.88. The van der Waals surface area contributed by atoms with Gasteiger partial charge in [-0.25, -0.2) is 4.79 Å². The molecule has 15 heteroatoms. The van der Waals surface area contributed by atoms with Crippen LogP contribution in [0.2, 0.25) is 0 Å². The molecule has 368 valence electrons. The Balaban J connectivity index is 0.000000489. The first-order chi connectivity index (χ1) is 30.6. The van der Waals surface area contributed by atoms with Crippen LogP contribution in [0.4, 0.5) is 0 Å². The van der Waals surface area contributed by atoms with Crippen molar-refractivity contribution in [2.75, 3.05) is 53.0 Å². The number of carbonyl (C=O) groups is 5. The molecule has 0 aromatic heterocycles. The minimum Gasteiger partial charge on any atom is -0.464 e. The Hall–Kier alpha value is -5.64. The number of aliphatic hydroxyl groups excluding tert-OH is 1. The van der Waals surface area contributed by atoms with Crippen molar-refractivity contribution in [1.29, 1.82) is 0 Å². The standard InChI is InChI=1S/C22H25NO4.C16H14O3.C7H15NO2.C6H13NO2.CH4.ClH/c1-22(2,3)27-21(25)13-23-12-20(24)26-14-19-17-10-6-4-8-15(17)16-9-5-7-11-18(16)19;17-9-16(18)19-10-15-13-7-3-1-5-11(13)12-6-2-4-8-14(12)15;1-7(2,3)10-6(9)5-8-4;1-6(2,3)9-5(8)4-7;;/h4-11,19,23H,12-14H2,1-3H3;1-8,15,17H,9-10H2;8H,5H2,1-4H3;4,7H2,1-3H3;1H4;1H. The third-order valence-electron chi connectivity index (χ3n) is 9.16. The van der Waals surface area contributed by atoms with Crippen molar-refractivity contribution in [2.45, 2.75) is 98.4 Å². The van der Waals surface area contributed by atoms with E-state index in [1.54, 1.807) is 48.6 Å². The average molecular weight is 951 g/mol. The summed E-state index contributed by atoms with van der Waals surface area (Å²) in [5.41, 5.74) is 13.2. The van der Waals surface area contributed by atoms with Crippen LogP contribution in [0.25, 0.3) is 22.3 Å². The van der Waals surface area contributed by atoms with Crippen LogP contribution in [-0.2, 0) is 47.7 Å². The average Bonchev–Trinajstić information content (AvgIpc) is 3.73. The summed E-state index contributed by atoms with van der Waals surface area (Å²) in [6.07, 6.45) is 0. The highest BCUT2D eigenvalue weighted by Crippen LogP contribution is 2.45. The van der Waals surface area contributed by atoms with Crippen molar-refractivity contribution >= 4 is 42.3 Å².